The van der Waals surface area contributed by atoms with Crippen molar-refractivity contribution >= 4 is 38.7 Å². The van der Waals surface area contributed by atoms with Gasteiger partial charge in [0.25, 0.3) is 0 Å². The number of rotatable bonds is 9. The van der Waals surface area contributed by atoms with E-state index in [9.17, 15) is 9.65 Å². The molecule has 0 spiro atoms. The van der Waals surface area contributed by atoms with Gasteiger partial charge in [-0.15, -0.1) is 0 Å². The molecule has 306 valence electrons. The number of hydrogen-bond donors (Lipinski definition) is 0. The van der Waals surface area contributed by atoms with E-state index in [4.69, 9.17) is 0 Å². The predicted octanol–water partition coefficient (Wildman–Crippen LogP) is 16.6. The maximum absolute atomic E-state index is 13.7. The Hall–Kier alpha value is -8.78. The second-order valence-corrected chi connectivity index (χ2v) is 16.2. The lowest BCUT2D eigenvalue weighted by molar-refractivity contribution is 0.628. The normalized spacial score (nSPS) is 11.1. The van der Waals surface area contributed by atoms with Crippen molar-refractivity contribution in [3.05, 3.63) is 254 Å². The summed E-state index contributed by atoms with van der Waals surface area (Å²) in [6.45, 7) is 0. The van der Waals surface area contributed by atoms with E-state index in [-0.39, 0.29) is 5.82 Å². The van der Waals surface area contributed by atoms with Gasteiger partial charge in [-0.1, -0.05) is 170 Å². The first kappa shape index (κ1) is 39.1. The van der Waals surface area contributed by atoms with Crippen LogP contribution in [0, 0.1) is 17.1 Å². The molecule has 0 N–H and O–H groups in total. The van der Waals surface area contributed by atoms with Gasteiger partial charge in [0.2, 0.25) is 0 Å². The fraction of sp³-hybridized carbons (Fsp3) is 0. The number of nitriles is 1. The Morgan fingerprint density at radius 2 is 0.800 bits per heavy atom. The minimum atomic E-state index is -0.252. The lowest BCUT2D eigenvalue weighted by Gasteiger charge is -2.26. The summed E-state index contributed by atoms with van der Waals surface area (Å²) in [4.78, 5) is 2.25. The van der Waals surface area contributed by atoms with Gasteiger partial charge in [-0.2, -0.15) is 5.26 Å². The Bertz CT molecular complexity index is 3480. The summed E-state index contributed by atoms with van der Waals surface area (Å²) in [5.74, 6) is -0.252. The number of anilines is 3. The summed E-state index contributed by atoms with van der Waals surface area (Å²) < 4.78 is 16.2. The van der Waals surface area contributed by atoms with Crippen LogP contribution in [0.1, 0.15) is 5.56 Å². The van der Waals surface area contributed by atoms with Gasteiger partial charge in [0.15, 0.2) is 0 Å². The molecule has 1 aromatic heterocycles. The fourth-order valence-corrected chi connectivity index (χ4v) is 9.11. The van der Waals surface area contributed by atoms with Crippen molar-refractivity contribution in [2.75, 3.05) is 4.90 Å². The van der Waals surface area contributed by atoms with Crippen LogP contribution in [0.4, 0.5) is 21.5 Å². The molecule has 0 saturated carbocycles. The molecule has 0 unspecified atom stereocenters. The molecule has 0 saturated heterocycles. The Morgan fingerprint density at radius 1 is 0.369 bits per heavy atom. The summed E-state index contributed by atoms with van der Waals surface area (Å²) in [5.41, 5.74) is 17.0. The molecule has 65 heavy (non-hydrogen) atoms. The van der Waals surface area contributed by atoms with Crippen LogP contribution < -0.4 is 4.90 Å². The Kier molecular flexibility index (Phi) is 10.1. The van der Waals surface area contributed by atoms with E-state index in [0.29, 0.717) is 5.56 Å². The highest BCUT2D eigenvalue weighted by molar-refractivity contribution is 6.16. The van der Waals surface area contributed by atoms with Crippen LogP contribution in [0.15, 0.2) is 243 Å². The van der Waals surface area contributed by atoms with Crippen molar-refractivity contribution in [3.63, 3.8) is 0 Å². The first-order chi connectivity index (χ1) is 32.1. The zero-order valence-electron chi connectivity index (χ0n) is 35.3. The van der Waals surface area contributed by atoms with Crippen molar-refractivity contribution < 1.29 is 4.39 Å². The van der Waals surface area contributed by atoms with E-state index >= 15 is 0 Å². The first-order valence-corrected chi connectivity index (χ1v) is 21.7. The van der Waals surface area contributed by atoms with Gasteiger partial charge >= 0.3 is 0 Å². The van der Waals surface area contributed by atoms with E-state index < -0.39 is 0 Å². The highest BCUT2D eigenvalue weighted by Crippen LogP contribution is 2.45. The second-order valence-electron chi connectivity index (χ2n) is 16.2. The van der Waals surface area contributed by atoms with E-state index in [1.807, 2.05) is 36.4 Å². The van der Waals surface area contributed by atoms with Crippen molar-refractivity contribution in [1.29, 1.82) is 5.26 Å². The average Bonchev–Trinajstić information content (AvgIpc) is 3.74. The molecule has 0 atom stereocenters. The molecular formula is C61H40FN3. The summed E-state index contributed by atoms with van der Waals surface area (Å²) >= 11 is 0. The van der Waals surface area contributed by atoms with Gasteiger partial charge in [0.1, 0.15) is 5.82 Å². The van der Waals surface area contributed by atoms with Gasteiger partial charge in [-0.05, 0) is 123 Å². The van der Waals surface area contributed by atoms with Gasteiger partial charge in [0.05, 0.1) is 22.8 Å². The zero-order valence-corrected chi connectivity index (χ0v) is 35.3. The molecule has 0 aliphatic heterocycles. The predicted molar refractivity (Wildman–Crippen MR) is 267 cm³/mol. The van der Waals surface area contributed by atoms with Crippen LogP contribution in [-0.2, 0) is 0 Å². The molecule has 11 rings (SSSR count). The van der Waals surface area contributed by atoms with Gasteiger partial charge in [-0.25, -0.2) is 4.39 Å². The average molecular weight is 834 g/mol. The summed E-state index contributed by atoms with van der Waals surface area (Å²) in [5, 5.41) is 12.9. The third-order valence-electron chi connectivity index (χ3n) is 12.3. The molecule has 0 bridgehead atoms. The van der Waals surface area contributed by atoms with Crippen LogP contribution in [0.5, 0.6) is 0 Å². The summed E-state index contributed by atoms with van der Waals surface area (Å²) in [6, 6.07) is 85.7. The topological polar surface area (TPSA) is 32.0 Å². The molecule has 10 aromatic carbocycles. The molecular weight excluding hydrogens is 794 g/mol. The SMILES string of the molecule is N#Cc1ccc(-c2ccc(N(c3ccc(-c4ccc(F)cc4)cc3)c3ccc(-c4ccc(-n5c(-c6ccccc6)c(-c6ccccc6)c6ccc7ccccc7c65)cc4)cc3)cc2)cc1. The van der Waals surface area contributed by atoms with Crippen LogP contribution >= 0.6 is 0 Å². The fourth-order valence-electron chi connectivity index (χ4n) is 9.11. The third-order valence-corrected chi connectivity index (χ3v) is 12.3. The Balaban J connectivity index is 0.978. The maximum Gasteiger partial charge on any atom is 0.123 e. The quantitative estimate of drug-likeness (QED) is 0.145. The largest absolute Gasteiger partial charge is 0.311 e. The van der Waals surface area contributed by atoms with E-state index in [2.05, 4.69) is 210 Å². The molecule has 0 aliphatic carbocycles. The highest BCUT2D eigenvalue weighted by Gasteiger charge is 2.23. The lowest BCUT2D eigenvalue weighted by atomic mass is 9.97. The summed E-state index contributed by atoms with van der Waals surface area (Å²) in [6.07, 6.45) is 0. The van der Waals surface area contributed by atoms with E-state index in [1.165, 1.54) is 44.9 Å². The van der Waals surface area contributed by atoms with Crippen LogP contribution in [0.25, 0.3) is 83.1 Å². The van der Waals surface area contributed by atoms with Gasteiger partial charge < -0.3 is 9.47 Å². The first-order valence-electron chi connectivity index (χ1n) is 21.7. The molecule has 0 aliphatic rings. The molecule has 0 radical (unpaired) electrons. The number of fused-ring (bicyclic) bond motifs is 3. The van der Waals surface area contributed by atoms with Crippen molar-refractivity contribution in [1.82, 2.24) is 4.57 Å². The molecule has 3 nitrogen and oxygen atoms in total. The number of benzene rings is 10. The standard InChI is InChI=1S/C61H40FN3/c62-52-30-19-44(20-31-52)46-23-34-54(35-24-46)64(53-32-21-45(22-33-53)43-17-15-42(41-63)16-18-43)55-36-25-47(26-37-55)48-27-38-56(39-28-48)65-60(51-12-5-2-6-13-51)59(50-10-3-1-4-11-50)58-40-29-49-9-7-8-14-57(49)61(58)65/h1-40H. The van der Waals surface area contributed by atoms with Gasteiger partial charge in [0, 0.05) is 39.1 Å². The third kappa shape index (κ3) is 7.42. The maximum atomic E-state index is 13.7. The number of hydrogen-bond acceptors (Lipinski definition) is 2. The summed E-state index contributed by atoms with van der Waals surface area (Å²) in [7, 11) is 0. The molecule has 0 amide bonds. The smallest absolute Gasteiger partial charge is 0.123 e. The molecule has 4 heteroatoms. The second kappa shape index (κ2) is 16.8. The Labute approximate surface area is 377 Å². The van der Waals surface area contributed by atoms with E-state index in [0.717, 1.165) is 67.4 Å². The monoisotopic (exact) mass is 833 g/mol. The van der Waals surface area contributed by atoms with Crippen molar-refractivity contribution in [2.45, 2.75) is 0 Å². The molecule has 1 heterocycles. The lowest BCUT2D eigenvalue weighted by Crippen LogP contribution is -2.09. The van der Waals surface area contributed by atoms with Crippen LogP contribution in [-0.4, -0.2) is 4.57 Å². The highest BCUT2D eigenvalue weighted by atomic mass is 19.1. The minimum absolute atomic E-state index is 0.252. The number of halogens is 1. The molecule has 0 fully saturated rings. The van der Waals surface area contributed by atoms with Crippen LogP contribution in [0.3, 0.4) is 0 Å². The Morgan fingerprint density at radius 3 is 1.31 bits per heavy atom. The van der Waals surface area contributed by atoms with Crippen LogP contribution in [0.2, 0.25) is 0 Å². The van der Waals surface area contributed by atoms with Crippen molar-refractivity contribution in [3.8, 4) is 67.5 Å². The molecule has 11 aromatic rings. The van der Waals surface area contributed by atoms with Gasteiger partial charge in [-0.3, -0.25) is 0 Å². The number of aromatic nitrogens is 1. The zero-order chi connectivity index (χ0) is 43.7. The minimum Gasteiger partial charge on any atom is -0.311 e. The number of nitrogens with zero attached hydrogens (tertiary/aromatic N) is 3. The van der Waals surface area contributed by atoms with E-state index in [1.54, 1.807) is 0 Å². The van der Waals surface area contributed by atoms with Crippen molar-refractivity contribution in [2.24, 2.45) is 0 Å².